The molecule has 1 heterocycles. The maximum atomic E-state index is 13.2. The lowest BCUT2D eigenvalue weighted by Gasteiger charge is -2.10. The van der Waals surface area contributed by atoms with E-state index in [0.29, 0.717) is 12.6 Å². The van der Waals surface area contributed by atoms with Gasteiger partial charge in [0.05, 0.1) is 11.0 Å². The first-order chi connectivity index (χ1) is 9.56. The van der Waals surface area contributed by atoms with E-state index in [1.165, 1.54) is 0 Å². The quantitative estimate of drug-likeness (QED) is 0.634. The van der Waals surface area contributed by atoms with Crippen LogP contribution in [0.3, 0.4) is 0 Å². The molecule has 1 atom stereocenters. The minimum Gasteiger partial charge on any atom is -0.352 e. The maximum absolute atomic E-state index is 13.2. The minimum atomic E-state index is -0.790. The molecule has 20 heavy (non-hydrogen) atoms. The molecule has 0 saturated carbocycles. The van der Waals surface area contributed by atoms with Crippen LogP contribution in [-0.2, 0) is 0 Å². The molecule has 7 heteroatoms. The van der Waals surface area contributed by atoms with Crippen LogP contribution in [0.1, 0.15) is 29.6 Å². The van der Waals surface area contributed by atoms with Crippen molar-refractivity contribution in [2.24, 2.45) is 0 Å². The number of rotatable bonds is 5. The molecule has 108 valence electrons. The fraction of sp³-hybridized carbons (Fsp3) is 0.462. The van der Waals surface area contributed by atoms with Crippen molar-refractivity contribution in [1.82, 2.24) is 10.6 Å². The van der Waals surface area contributed by atoms with Gasteiger partial charge in [-0.15, -0.1) is 0 Å². The molecule has 0 bridgehead atoms. The summed E-state index contributed by atoms with van der Waals surface area (Å²) in [6.07, 6.45) is 3.01. The minimum absolute atomic E-state index is 0.0314. The summed E-state index contributed by atoms with van der Waals surface area (Å²) >= 11 is 0. The fourth-order valence-electron chi connectivity index (χ4n) is 2.28. The molecule has 0 aromatic heterocycles. The Balaban J connectivity index is 1.92. The molecule has 0 radical (unpaired) electrons. The summed E-state index contributed by atoms with van der Waals surface area (Å²) < 4.78 is 13.2. The second-order valence-corrected chi connectivity index (χ2v) is 4.79. The van der Waals surface area contributed by atoms with Crippen LogP contribution in [-0.4, -0.2) is 30.0 Å². The van der Waals surface area contributed by atoms with Gasteiger partial charge in [-0.3, -0.25) is 14.9 Å². The third kappa shape index (κ3) is 3.74. The zero-order valence-corrected chi connectivity index (χ0v) is 10.9. The van der Waals surface area contributed by atoms with Crippen LogP contribution in [0.25, 0.3) is 0 Å². The summed E-state index contributed by atoms with van der Waals surface area (Å²) in [5.41, 5.74) is -0.455. The maximum Gasteiger partial charge on any atom is 0.273 e. The number of halogens is 1. The molecule has 1 aromatic rings. The lowest BCUT2D eigenvalue weighted by molar-refractivity contribution is -0.385. The van der Waals surface area contributed by atoms with E-state index in [0.717, 1.165) is 44.0 Å². The summed E-state index contributed by atoms with van der Waals surface area (Å²) in [6, 6.07) is 3.26. The molecule has 1 amide bonds. The van der Waals surface area contributed by atoms with E-state index >= 15 is 0 Å². The van der Waals surface area contributed by atoms with E-state index in [9.17, 15) is 19.3 Å². The van der Waals surface area contributed by atoms with Crippen LogP contribution in [0, 0.1) is 15.9 Å². The predicted molar refractivity (Wildman–Crippen MR) is 71.0 cm³/mol. The van der Waals surface area contributed by atoms with Crippen molar-refractivity contribution in [3.05, 3.63) is 39.7 Å². The molecular formula is C13H16FN3O3. The molecule has 1 aliphatic rings. The van der Waals surface area contributed by atoms with Crippen molar-refractivity contribution in [2.45, 2.75) is 25.3 Å². The van der Waals surface area contributed by atoms with Gasteiger partial charge in [0.2, 0.25) is 0 Å². The molecule has 2 rings (SSSR count). The second kappa shape index (κ2) is 6.42. The monoisotopic (exact) mass is 281 g/mol. The molecule has 6 nitrogen and oxygen atoms in total. The molecule has 0 aliphatic carbocycles. The highest BCUT2D eigenvalue weighted by atomic mass is 19.1. The van der Waals surface area contributed by atoms with Crippen molar-refractivity contribution in [3.63, 3.8) is 0 Å². The zero-order valence-electron chi connectivity index (χ0n) is 10.9. The van der Waals surface area contributed by atoms with Gasteiger partial charge in [-0.2, -0.15) is 0 Å². The number of nitro benzene ring substituents is 1. The van der Waals surface area contributed by atoms with Crippen molar-refractivity contribution < 1.29 is 14.1 Å². The van der Waals surface area contributed by atoms with Gasteiger partial charge in [0, 0.05) is 24.2 Å². The van der Waals surface area contributed by atoms with Crippen LogP contribution in [0.5, 0.6) is 0 Å². The van der Waals surface area contributed by atoms with E-state index < -0.39 is 22.3 Å². The Morgan fingerprint density at radius 3 is 2.95 bits per heavy atom. The van der Waals surface area contributed by atoms with Crippen molar-refractivity contribution in [3.8, 4) is 0 Å². The number of hydrogen-bond acceptors (Lipinski definition) is 4. The largest absolute Gasteiger partial charge is 0.352 e. The van der Waals surface area contributed by atoms with Gasteiger partial charge >= 0.3 is 0 Å². The number of hydrogen-bond donors (Lipinski definition) is 2. The van der Waals surface area contributed by atoms with Crippen molar-refractivity contribution in [1.29, 1.82) is 0 Å². The molecule has 0 spiro atoms. The standard InChI is InChI=1S/C13H16FN3O3/c14-10-6-9(7-12(8-10)17(19)20)13(18)16-5-3-11-2-1-4-15-11/h6-8,11,15H,1-5H2,(H,16,18)/t11-/m1/s1. The first-order valence-electron chi connectivity index (χ1n) is 6.53. The Labute approximate surface area is 115 Å². The average molecular weight is 281 g/mol. The lowest BCUT2D eigenvalue weighted by atomic mass is 10.1. The third-order valence-corrected chi connectivity index (χ3v) is 3.30. The Kier molecular flexibility index (Phi) is 4.62. The lowest BCUT2D eigenvalue weighted by Crippen LogP contribution is -2.30. The van der Waals surface area contributed by atoms with Crippen molar-refractivity contribution in [2.75, 3.05) is 13.1 Å². The first kappa shape index (κ1) is 14.4. The summed E-state index contributed by atoms with van der Waals surface area (Å²) in [5.74, 6) is -1.28. The topological polar surface area (TPSA) is 84.3 Å². The highest BCUT2D eigenvalue weighted by Crippen LogP contribution is 2.16. The number of benzene rings is 1. The van der Waals surface area contributed by atoms with Gasteiger partial charge in [-0.25, -0.2) is 4.39 Å². The van der Waals surface area contributed by atoms with Gasteiger partial charge in [0.15, 0.2) is 0 Å². The normalized spacial score (nSPS) is 17.9. The number of amides is 1. The van der Waals surface area contributed by atoms with Crippen LogP contribution >= 0.6 is 0 Å². The van der Waals surface area contributed by atoms with Gasteiger partial charge in [0.25, 0.3) is 11.6 Å². The van der Waals surface area contributed by atoms with Crippen LogP contribution in [0.2, 0.25) is 0 Å². The van der Waals surface area contributed by atoms with Gasteiger partial charge in [0.1, 0.15) is 5.82 Å². The Morgan fingerprint density at radius 1 is 1.50 bits per heavy atom. The molecular weight excluding hydrogens is 265 g/mol. The number of nitrogens with one attached hydrogen (secondary N) is 2. The van der Waals surface area contributed by atoms with E-state index in [1.54, 1.807) is 0 Å². The number of nitro groups is 1. The predicted octanol–water partition coefficient (Wildman–Crippen LogP) is 1.61. The smallest absolute Gasteiger partial charge is 0.273 e. The third-order valence-electron chi connectivity index (χ3n) is 3.30. The highest BCUT2D eigenvalue weighted by Gasteiger charge is 2.16. The summed E-state index contributed by atoms with van der Waals surface area (Å²) in [7, 11) is 0. The zero-order chi connectivity index (χ0) is 14.5. The Hall–Kier alpha value is -2.02. The Morgan fingerprint density at radius 2 is 2.30 bits per heavy atom. The average Bonchev–Trinajstić information content (AvgIpc) is 2.91. The molecule has 1 aromatic carbocycles. The molecule has 0 unspecified atom stereocenters. The number of non-ortho nitro benzene ring substituents is 1. The summed E-state index contributed by atoms with van der Waals surface area (Å²) in [4.78, 5) is 21.7. The van der Waals surface area contributed by atoms with Gasteiger partial charge in [-0.1, -0.05) is 0 Å². The molecule has 1 fully saturated rings. The number of carbonyl (C=O) groups excluding carboxylic acids is 1. The Bertz CT molecular complexity index is 516. The molecule has 1 saturated heterocycles. The van der Waals surface area contributed by atoms with Gasteiger partial charge < -0.3 is 10.6 Å². The fourth-order valence-corrected chi connectivity index (χ4v) is 2.28. The number of carbonyl (C=O) groups is 1. The van der Waals surface area contributed by atoms with E-state index in [1.807, 2.05) is 0 Å². The van der Waals surface area contributed by atoms with Crippen LogP contribution in [0.4, 0.5) is 10.1 Å². The van der Waals surface area contributed by atoms with E-state index in [-0.39, 0.29) is 5.56 Å². The van der Waals surface area contributed by atoms with Crippen LogP contribution < -0.4 is 10.6 Å². The summed E-state index contributed by atoms with van der Waals surface area (Å²) in [5, 5.41) is 16.6. The number of nitrogens with zero attached hydrogens (tertiary/aromatic N) is 1. The first-order valence-corrected chi connectivity index (χ1v) is 6.53. The van der Waals surface area contributed by atoms with Crippen LogP contribution in [0.15, 0.2) is 18.2 Å². The second-order valence-electron chi connectivity index (χ2n) is 4.79. The van der Waals surface area contributed by atoms with E-state index in [4.69, 9.17) is 0 Å². The van der Waals surface area contributed by atoms with Gasteiger partial charge in [-0.05, 0) is 31.9 Å². The highest BCUT2D eigenvalue weighted by molar-refractivity contribution is 5.94. The van der Waals surface area contributed by atoms with E-state index in [2.05, 4.69) is 10.6 Å². The summed E-state index contributed by atoms with van der Waals surface area (Å²) in [6.45, 7) is 1.45. The molecule has 2 N–H and O–H groups in total. The SMILES string of the molecule is O=C(NCC[C@H]1CCCN1)c1cc(F)cc([N+](=O)[O-])c1. The molecule has 1 aliphatic heterocycles. The van der Waals surface area contributed by atoms with Crippen molar-refractivity contribution >= 4 is 11.6 Å².